The lowest BCUT2D eigenvalue weighted by Gasteiger charge is -2.24. The molecule has 0 saturated carbocycles. The number of nitro benzene ring substituents is 1. The van der Waals surface area contributed by atoms with Gasteiger partial charge in [0.1, 0.15) is 12.2 Å². The van der Waals surface area contributed by atoms with Crippen molar-refractivity contribution in [1.82, 2.24) is 0 Å². The van der Waals surface area contributed by atoms with Crippen LogP contribution in [0.25, 0.3) is 0 Å². The van der Waals surface area contributed by atoms with Gasteiger partial charge in [-0.3, -0.25) is 10.1 Å². The van der Waals surface area contributed by atoms with Gasteiger partial charge >= 0.3 is 6.18 Å². The number of benzene rings is 1. The molecule has 0 heterocycles. The number of nitrogens with zero attached hydrogens (tertiary/aromatic N) is 2. The first-order valence-corrected chi connectivity index (χ1v) is 5.01. The molecule has 0 aliphatic carbocycles. The summed E-state index contributed by atoms with van der Waals surface area (Å²) < 4.78 is 37.1. The van der Waals surface area contributed by atoms with Crippen molar-refractivity contribution in [3.05, 3.63) is 34.4 Å². The predicted molar refractivity (Wildman–Crippen MR) is 58.5 cm³/mol. The van der Waals surface area contributed by atoms with Crippen molar-refractivity contribution in [2.45, 2.75) is 6.18 Å². The Bertz CT molecular complexity index is 423. The molecule has 0 radical (unpaired) electrons. The maximum atomic E-state index is 12.4. The second kappa shape index (κ2) is 5.67. The fourth-order valence-corrected chi connectivity index (χ4v) is 1.51. The van der Waals surface area contributed by atoms with E-state index in [2.05, 4.69) is 0 Å². The van der Waals surface area contributed by atoms with Crippen molar-refractivity contribution in [2.24, 2.45) is 0 Å². The van der Waals surface area contributed by atoms with E-state index in [0.717, 1.165) is 11.0 Å². The molecule has 5 nitrogen and oxygen atoms in total. The van der Waals surface area contributed by atoms with Crippen LogP contribution >= 0.6 is 0 Å². The summed E-state index contributed by atoms with van der Waals surface area (Å²) in [4.78, 5) is 10.7. The van der Waals surface area contributed by atoms with E-state index in [0.29, 0.717) is 0 Å². The molecule has 0 saturated heterocycles. The molecule has 0 unspecified atom stereocenters. The smallest absolute Gasteiger partial charge is 0.395 e. The molecule has 0 amide bonds. The van der Waals surface area contributed by atoms with E-state index < -0.39 is 29.9 Å². The van der Waals surface area contributed by atoms with E-state index >= 15 is 0 Å². The van der Waals surface area contributed by atoms with E-state index in [1.807, 2.05) is 0 Å². The molecule has 1 N–H and O–H groups in total. The van der Waals surface area contributed by atoms with Crippen molar-refractivity contribution in [3.8, 4) is 0 Å². The summed E-state index contributed by atoms with van der Waals surface area (Å²) in [6, 6.07) is 5.12. The minimum Gasteiger partial charge on any atom is -0.395 e. The largest absolute Gasteiger partial charge is 0.405 e. The van der Waals surface area contributed by atoms with Gasteiger partial charge in [-0.25, -0.2) is 0 Å². The zero-order valence-corrected chi connectivity index (χ0v) is 9.22. The molecule has 0 aromatic heterocycles. The first-order chi connectivity index (χ1) is 8.35. The summed E-state index contributed by atoms with van der Waals surface area (Å²) >= 11 is 0. The second-order valence-corrected chi connectivity index (χ2v) is 3.51. The lowest BCUT2D eigenvalue weighted by Crippen LogP contribution is -2.36. The fourth-order valence-electron chi connectivity index (χ4n) is 1.51. The summed E-state index contributed by atoms with van der Waals surface area (Å²) in [6.07, 6.45) is -4.50. The highest BCUT2D eigenvalue weighted by Crippen LogP contribution is 2.29. The molecule has 1 aromatic rings. The van der Waals surface area contributed by atoms with Crippen molar-refractivity contribution >= 4 is 11.4 Å². The van der Waals surface area contributed by atoms with Crippen LogP contribution in [0.2, 0.25) is 0 Å². The van der Waals surface area contributed by atoms with Gasteiger partial charge in [-0.15, -0.1) is 0 Å². The summed E-state index contributed by atoms with van der Waals surface area (Å²) in [5, 5.41) is 19.5. The average molecular weight is 264 g/mol. The van der Waals surface area contributed by atoms with Crippen LogP contribution in [-0.4, -0.2) is 35.9 Å². The van der Waals surface area contributed by atoms with Crippen molar-refractivity contribution in [1.29, 1.82) is 0 Å². The SMILES string of the molecule is O=[N+]([O-])c1ccccc1N(CCO)CC(F)(F)F. The van der Waals surface area contributed by atoms with E-state index in [4.69, 9.17) is 5.11 Å². The molecule has 0 aliphatic heterocycles. The monoisotopic (exact) mass is 264 g/mol. The lowest BCUT2D eigenvalue weighted by atomic mass is 10.2. The Morgan fingerprint density at radius 2 is 1.94 bits per heavy atom. The number of anilines is 1. The van der Waals surface area contributed by atoms with Crippen LogP contribution in [0.15, 0.2) is 24.3 Å². The Labute approximate surface area is 101 Å². The summed E-state index contributed by atoms with van der Waals surface area (Å²) in [5.41, 5.74) is -0.580. The number of nitro groups is 1. The maximum Gasteiger partial charge on any atom is 0.405 e. The van der Waals surface area contributed by atoms with E-state index in [1.54, 1.807) is 0 Å². The highest BCUT2D eigenvalue weighted by atomic mass is 19.4. The van der Waals surface area contributed by atoms with Crippen LogP contribution in [0.3, 0.4) is 0 Å². The topological polar surface area (TPSA) is 66.6 Å². The van der Waals surface area contributed by atoms with Gasteiger partial charge in [0.05, 0.1) is 11.5 Å². The molecule has 18 heavy (non-hydrogen) atoms. The Morgan fingerprint density at radius 1 is 1.33 bits per heavy atom. The molecule has 0 fully saturated rings. The molecule has 0 bridgehead atoms. The summed E-state index contributed by atoms with van der Waals surface area (Å²) in [5.74, 6) is 0. The van der Waals surface area contributed by atoms with Crippen molar-refractivity contribution < 1.29 is 23.2 Å². The average Bonchev–Trinajstić information content (AvgIpc) is 2.26. The Balaban J connectivity index is 3.09. The fraction of sp³-hybridized carbons (Fsp3) is 0.400. The highest BCUT2D eigenvalue weighted by molar-refractivity contribution is 5.63. The quantitative estimate of drug-likeness (QED) is 0.652. The number of alkyl halides is 3. The molecule has 8 heteroatoms. The van der Waals surface area contributed by atoms with Crippen molar-refractivity contribution in [3.63, 3.8) is 0 Å². The first kappa shape index (κ1) is 14.2. The highest BCUT2D eigenvalue weighted by Gasteiger charge is 2.32. The van der Waals surface area contributed by atoms with Crippen LogP contribution in [-0.2, 0) is 0 Å². The van der Waals surface area contributed by atoms with Gasteiger partial charge in [0.25, 0.3) is 5.69 Å². The first-order valence-electron chi connectivity index (χ1n) is 5.01. The third-order valence-electron chi connectivity index (χ3n) is 2.16. The van der Waals surface area contributed by atoms with Gasteiger partial charge in [-0.2, -0.15) is 13.2 Å². The molecular formula is C10H11F3N2O3. The molecule has 0 spiro atoms. The lowest BCUT2D eigenvalue weighted by molar-refractivity contribution is -0.384. The molecule has 1 aromatic carbocycles. The van der Waals surface area contributed by atoms with Gasteiger partial charge in [0.2, 0.25) is 0 Å². The van der Waals surface area contributed by atoms with Crippen LogP contribution < -0.4 is 4.90 Å². The zero-order valence-electron chi connectivity index (χ0n) is 9.22. The molecule has 100 valence electrons. The molecule has 0 aliphatic rings. The normalized spacial score (nSPS) is 11.3. The minimum atomic E-state index is -4.50. The van der Waals surface area contributed by atoms with Crippen LogP contribution in [0.4, 0.5) is 24.5 Å². The molecule has 1 rings (SSSR count). The Kier molecular flexibility index (Phi) is 4.49. The van der Waals surface area contributed by atoms with Crippen molar-refractivity contribution in [2.75, 3.05) is 24.6 Å². The number of aliphatic hydroxyl groups is 1. The summed E-state index contributed by atoms with van der Waals surface area (Å²) in [6.45, 7) is -2.20. The molecule has 0 atom stereocenters. The van der Waals surface area contributed by atoms with E-state index in [9.17, 15) is 23.3 Å². The van der Waals surface area contributed by atoms with E-state index in [-0.39, 0.29) is 12.2 Å². The van der Waals surface area contributed by atoms with E-state index in [1.165, 1.54) is 18.2 Å². The number of para-hydroxylation sites is 2. The Hall–Kier alpha value is -1.83. The van der Waals surface area contributed by atoms with Gasteiger partial charge < -0.3 is 10.0 Å². The van der Waals surface area contributed by atoms with Crippen LogP contribution in [0, 0.1) is 10.1 Å². The number of aliphatic hydroxyl groups excluding tert-OH is 1. The maximum absolute atomic E-state index is 12.4. The zero-order chi connectivity index (χ0) is 13.8. The second-order valence-electron chi connectivity index (χ2n) is 3.51. The van der Waals surface area contributed by atoms with Gasteiger partial charge in [-0.1, -0.05) is 12.1 Å². The summed E-state index contributed by atoms with van der Waals surface area (Å²) in [7, 11) is 0. The Morgan fingerprint density at radius 3 is 2.44 bits per heavy atom. The predicted octanol–water partition coefficient (Wildman–Crippen LogP) is 1.96. The van der Waals surface area contributed by atoms with Crippen LogP contribution in [0.5, 0.6) is 0 Å². The molecular weight excluding hydrogens is 253 g/mol. The standard InChI is InChI=1S/C10H11F3N2O3/c11-10(12,13)7-14(5-6-16)8-3-1-2-4-9(8)15(17)18/h1-4,16H,5-7H2. The number of hydrogen-bond acceptors (Lipinski definition) is 4. The third kappa shape index (κ3) is 3.88. The van der Waals surface area contributed by atoms with Gasteiger partial charge in [0.15, 0.2) is 0 Å². The number of hydrogen-bond donors (Lipinski definition) is 1. The third-order valence-corrected chi connectivity index (χ3v) is 2.16. The minimum absolute atomic E-state index is 0.158. The number of rotatable bonds is 5. The number of halogens is 3. The van der Waals surface area contributed by atoms with Crippen LogP contribution in [0.1, 0.15) is 0 Å². The van der Waals surface area contributed by atoms with Gasteiger partial charge in [0, 0.05) is 12.6 Å². The van der Waals surface area contributed by atoms with Gasteiger partial charge in [-0.05, 0) is 6.07 Å².